The fraction of sp³-hybridized carbons (Fsp3) is 0.286. The first-order valence-corrected chi connectivity index (χ1v) is 7.93. The third-order valence-electron chi connectivity index (χ3n) is 3.05. The van der Waals surface area contributed by atoms with Gasteiger partial charge in [-0.15, -0.1) is 11.3 Å². The standard InChI is InChI=1S/C14H15BrN2OS/c15-11-4-7-19-13(11)9-16-8-10-2-1-3-12-14(10)18-6-5-17-12/h1-4,7,16-17H,5-6,8-9H2. The molecule has 0 bridgehead atoms. The Hall–Kier alpha value is -1.04. The molecular formula is C14H15BrN2OS. The van der Waals surface area contributed by atoms with Crippen LogP contribution in [0.4, 0.5) is 5.69 Å². The van der Waals surface area contributed by atoms with E-state index in [4.69, 9.17) is 4.74 Å². The van der Waals surface area contributed by atoms with Gasteiger partial charge < -0.3 is 15.4 Å². The number of fused-ring (bicyclic) bond motifs is 1. The van der Waals surface area contributed by atoms with Crippen molar-refractivity contribution in [3.05, 3.63) is 44.6 Å². The van der Waals surface area contributed by atoms with Gasteiger partial charge in [-0.2, -0.15) is 0 Å². The van der Waals surface area contributed by atoms with E-state index < -0.39 is 0 Å². The van der Waals surface area contributed by atoms with E-state index in [1.54, 1.807) is 11.3 Å². The largest absolute Gasteiger partial charge is 0.489 e. The Morgan fingerprint density at radius 3 is 3.11 bits per heavy atom. The molecule has 0 spiro atoms. The smallest absolute Gasteiger partial charge is 0.146 e. The van der Waals surface area contributed by atoms with Gasteiger partial charge >= 0.3 is 0 Å². The lowest BCUT2D eigenvalue weighted by Crippen LogP contribution is -2.20. The number of ether oxygens (including phenoxy) is 1. The summed E-state index contributed by atoms with van der Waals surface area (Å²) < 4.78 is 6.94. The molecule has 1 aromatic heterocycles. The molecule has 2 aromatic rings. The maximum absolute atomic E-state index is 5.76. The van der Waals surface area contributed by atoms with E-state index in [0.717, 1.165) is 37.7 Å². The third kappa shape index (κ3) is 2.94. The van der Waals surface area contributed by atoms with Gasteiger partial charge in [-0.3, -0.25) is 0 Å². The molecule has 3 rings (SSSR count). The van der Waals surface area contributed by atoms with Crippen LogP contribution in [0.5, 0.6) is 5.75 Å². The molecule has 1 aliphatic heterocycles. The summed E-state index contributed by atoms with van der Waals surface area (Å²) in [6.07, 6.45) is 0. The van der Waals surface area contributed by atoms with Crippen LogP contribution in [-0.4, -0.2) is 13.2 Å². The van der Waals surface area contributed by atoms with Crippen LogP contribution in [0.25, 0.3) is 0 Å². The van der Waals surface area contributed by atoms with E-state index in [0.29, 0.717) is 0 Å². The molecule has 2 heterocycles. The van der Waals surface area contributed by atoms with E-state index in [-0.39, 0.29) is 0 Å². The number of anilines is 1. The first-order chi connectivity index (χ1) is 9.34. The van der Waals surface area contributed by atoms with Gasteiger partial charge in [0.1, 0.15) is 12.4 Å². The third-order valence-corrected chi connectivity index (χ3v) is 4.98. The number of hydrogen-bond donors (Lipinski definition) is 2. The number of hydrogen-bond acceptors (Lipinski definition) is 4. The molecule has 3 nitrogen and oxygen atoms in total. The number of thiophene rings is 1. The number of nitrogens with one attached hydrogen (secondary N) is 2. The summed E-state index contributed by atoms with van der Waals surface area (Å²) >= 11 is 5.31. The second-order valence-corrected chi connectivity index (χ2v) is 6.22. The lowest BCUT2D eigenvalue weighted by atomic mass is 10.1. The molecule has 0 aliphatic carbocycles. The van der Waals surface area contributed by atoms with Crippen molar-refractivity contribution >= 4 is 33.0 Å². The summed E-state index contributed by atoms with van der Waals surface area (Å²) in [5, 5.41) is 8.92. The predicted molar refractivity (Wildman–Crippen MR) is 83.0 cm³/mol. The molecule has 2 N–H and O–H groups in total. The van der Waals surface area contributed by atoms with Crippen molar-refractivity contribution in [3.8, 4) is 5.75 Å². The molecule has 100 valence electrons. The normalized spacial score (nSPS) is 13.5. The second kappa shape index (κ2) is 5.94. The number of para-hydroxylation sites is 1. The topological polar surface area (TPSA) is 33.3 Å². The molecule has 0 saturated carbocycles. The van der Waals surface area contributed by atoms with Gasteiger partial charge in [-0.05, 0) is 33.4 Å². The molecule has 5 heteroatoms. The molecule has 0 fully saturated rings. The van der Waals surface area contributed by atoms with Crippen molar-refractivity contribution in [2.45, 2.75) is 13.1 Å². The van der Waals surface area contributed by atoms with E-state index in [1.807, 2.05) is 0 Å². The molecule has 0 amide bonds. The van der Waals surface area contributed by atoms with Crippen molar-refractivity contribution in [1.29, 1.82) is 0 Å². The first-order valence-electron chi connectivity index (χ1n) is 6.26. The van der Waals surface area contributed by atoms with Gasteiger partial charge in [0.05, 0.1) is 5.69 Å². The van der Waals surface area contributed by atoms with Gasteiger partial charge in [-0.1, -0.05) is 12.1 Å². The summed E-state index contributed by atoms with van der Waals surface area (Å²) in [6.45, 7) is 3.30. The highest BCUT2D eigenvalue weighted by molar-refractivity contribution is 9.10. The van der Waals surface area contributed by atoms with Crippen LogP contribution in [0.15, 0.2) is 34.1 Å². The van der Waals surface area contributed by atoms with Crippen LogP contribution >= 0.6 is 27.3 Å². The number of halogens is 1. The van der Waals surface area contributed by atoms with Crippen LogP contribution in [0.3, 0.4) is 0 Å². The minimum atomic E-state index is 0.737. The Labute approximate surface area is 125 Å². The highest BCUT2D eigenvalue weighted by atomic mass is 79.9. The van der Waals surface area contributed by atoms with Crippen LogP contribution in [-0.2, 0) is 13.1 Å². The quantitative estimate of drug-likeness (QED) is 0.893. The lowest BCUT2D eigenvalue weighted by molar-refractivity contribution is 0.319. The lowest BCUT2D eigenvalue weighted by Gasteiger charge is -2.21. The van der Waals surface area contributed by atoms with E-state index in [2.05, 4.69) is 56.2 Å². The maximum atomic E-state index is 5.76. The van der Waals surface area contributed by atoms with E-state index >= 15 is 0 Å². The Morgan fingerprint density at radius 2 is 2.26 bits per heavy atom. The predicted octanol–water partition coefficient (Wildman–Crippen LogP) is 3.60. The highest BCUT2D eigenvalue weighted by Crippen LogP contribution is 2.31. The van der Waals surface area contributed by atoms with Crippen molar-refractivity contribution in [2.24, 2.45) is 0 Å². The van der Waals surface area contributed by atoms with Crippen LogP contribution in [0, 0.1) is 0 Å². The Balaban J connectivity index is 1.66. The summed E-state index contributed by atoms with van der Waals surface area (Å²) in [4.78, 5) is 1.32. The Bertz CT molecular complexity index is 570. The van der Waals surface area contributed by atoms with Crippen molar-refractivity contribution in [1.82, 2.24) is 5.32 Å². The van der Waals surface area contributed by atoms with E-state index in [9.17, 15) is 0 Å². The summed E-state index contributed by atoms with van der Waals surface area (Å²) in [5.41, 5.74) is 2.31. The number of rotatable bonds is 4. The van der Waals surface area contributed by atoms with Crippen molar-refractivity contribution in [2.75, 3.05) is 18.5 Å². The molecule has 0 unspecified atom stereocenters. The minimum absolute atomic E-state index is 0.737. The van der Waals surface area contributed by atoms with Gasteiger partial charge in [0.2, 0.25) is 0 Å². The minimum Gasteiger partial charge on any atom is -0.489 e. The molecule has 0 saturated heterocycles. The molecule has 1 aromatic carbocycles. The second-order valence-electron chi connectivity index (χ2n) is 4.36. The first kappa shape index (κ1) is 13.0. The summed E-state index contributed by atoms with van der Waals surface area (Å²) in [5.74, 6) is 0.992. The fourth-order valence-corrected chi connectivity index (χ4v) is 3.60. The monoisotopic (exact) mass is 338 g/mol. The Morgan fingerprint density at radius 1 is 1.32 bits per heavy atom. The number of benzene rings is 1. The van der Waals surface area contributed by atoms with E-state index in [1.165, 1.54) is 14.9 Å². The Kier molecular flexibility index (Phi) is 4.06. The summed E-state index contributed by atoms with van der Waals surface area (Å²) in [7, 11) is 0. The van der Waals surface area contributed by atoms with Crippen LogP contribution in [0.2, 0.25) is 0 Å². The molecule has 0 radical (unpaired) electrons. The van der Waals surface area contributed by atoms with Crippen molar-refractivity contribution < 1.29 is 4.74 Å². The maximum Gasteiger partial charge on any atom is 0.146 e. The average molecular weight is 339 g/mol. The SMILES string of the molecule is Brc1ccsc1CNCc1cccc2c1OCCN2. The zero-order valence-electron chi connectivity index (χ0n) is 10.4. The highest BCUT2D eigenvalue weighted by Gasteiger charge is 2.13. The molecule has 0 atom stereocenters. The van der Waals surface area contributed by atoms with Crippen LogP contribution in [0.1, 0.15) is 10.4 Å². The molecular weight excluding hydrogens is 324 g/mol. The zero-order chi connectivity index (χ0) is 13.1. The van der Waals surface area contributed by atoms with Gasteiger partial charge in [0, 0.05) is 34.5 Å². The molecule has 19 heavy (non-hydrogen) atoms. The van der Waals surface area contributed by atoms with Gasteiger partial charge in [0.25, 0.3) is 0 Å². The zero-order valence-corrected chi connectivity index (χ0v) is 12.8. The summed E-state index contributed by atoms with van der Waals surface area (Å²) in [6, 6.07) is 8.33. The van der Waals surface area contributed by atoms with Gasteiger partial charge in [0.15, 0.2) is 0 Å². The molecule has 1 aliphatic rings. The average Bonchev–Trinajstić information content (AvgIpc) is 2.85. The van der Waals surface area contributed by atoms with Gasteiger partial charge in [-0.25, -0.2) is 0 Å². The fourth-order valence-electron chi connectivity index (χ4n) is 2.13. The van der Waals surface area contributed by atoms with Crippen LogP contribution < -0.4 is 15.4 Å². The van der Waals surface area contributed by atoms with Crippen molar-refractivity contribution in [3.63, 3.8) is 0 Å².